The van der Waals surface area contributed by atoms with E-state index < -0.39 is 11.6 Å². The van der Waals surface area contributed by atoms with E-state index in [4.69, 9.17) is 11.6 Å². The summed E-state index contributed by atoms with van der Waals surface area (Å²) in [6, 6.07) is 2.35. The van der Waals surface area contributed by atoms with Crippen LogP contribution in [0.5, 0.6) is 0 Å². The Kier molecular flexibility index (Phi) is 2.26. The molecule has 0 amide bonds. The standard InChI is InChI=1S/C6H2BrClF2/c7-3-1-2-4(9)6(10)5(3)8/h1-2H. The van der Waals surface area contributed by atoms with Gasteiger partial charge in [-0.15, -0.1) is 0 Å². The first-order chi connectivity index (χ1) is 4.63. The SMILES string of the molecule is Fc1ccc(Br)c(Cl)c1F. The predicted molar refractivity (Wildman–Crippen MR) is 39.1 cm³/mol. The van der Waals surface area contributed by atoms with Crippen LogP contribution in [-0.4, -0.2) is 0 Å². The van der Waals surface area contributed by atoms with Gasteiger partial charge in [-0.25, -0.2) is 8.78 Å². The van der Waals surface area contributed by atoms with E-state index in [0.717, 1.165) is 6.07 Å². The van der Waals surface area contributed by atoms with Crippen molar-refractivity contribution in [3.05, 3.63) is 33.3 Å². The smallest absolute Gasteiger partial charge is 0.178 e. The maximum Gasteiger partial charge on any atom is 0.178 e. The summed E-state index contributed by atoms with van der Waals surface area (Å²) < 4.78 is 25.1. The molecule has 54 valence electrons. The molecule has 0 aliphatic heterocycles. The van der Waals surface area contributed by atoms with Gasteiger partial charge in [-0.05, 0) is 28.1 Å². The van der Waals surface area contributed by atoms with E-state index >= 15 is 0 Å². The highest BCUT2D eigenvalue weighted by Crippen LogP contribution is 2.26. The monoisotopic (exact) mass is 226 g/mol. The quantitative estimate of drug-likeness (QED) is 0.471. The maximum atomic E-state index is 12.5. The zero-order chi connectivity index (χ0) is 7.72. The molecule has 0 saturated heterocycles. The number of hydrogen-bond acceptors (Lipinski definition) is 0. The van der Waals surface area contributed by atoms with Gasteiger partial charge in [-0.1, -0.05) is 11.6 Å². The maximum absolute atomic E-state index is 12.5. The average Bonchev–Trinajstić information content (AvgIpc) is 1.93. The first-order valence-corrected chi connectivity index (χ1v) is 3.59. The molecule has 1 aromatic rings. The summed E-state index contributed by atoms with van der Waals surface area (Å²) in [6.07, 6.45) is 0. The van der Waals surface area contributed by atoms with Gasteiger partial charge in [0, 0.05) is 4.47 Å². The van der Waals surface area contributed by atoms with E-state index in [0.29, 0.717) is 4.47 Å². The molecule has 0 unspecified atom stereocenters. The van der Waals surface area contributed by atoms with Crippen molar-refractivity contribution in [1.82, 2.24) is 0 Å². The number of benzene rings is 1. The summed E-state index contributed by atoms with van der Waals surface area (Å²) in [5, 5.41) is -0.222. The highest BCUT2D eigenvalue weighted by Gasteiger charge is 2.08. The zero-order valence-corrected chi connectivity index (χ0v) is 7.01. The Balaban J connectivity index is 3.34. The fourth-order valence-corrected chi connectivity index (χ4v) is 0.962. The molecular formula is C6H2BrClF2. The van der Waals surface area contributed by atoms with Crippen molar-refractivity contribution < 1.29 is 8.78 Å². The van der Waals surface area contributed by atoms with Gasteiger partial charge in [-0.3, -0.25) is 0 Å². The van der Waals surface area contributed by atoms with Crippen LogP contribution in [0.1, 0.15) is 0 Å². The van der Waals surface area contributed by atoms with Crippen LogP contribution in [0.4, 0.5) is 8.78 Å². The van der Waals surface area contributed by atoms with Crippen LogP contribution >= 0.6 is 27.5 Å². The molecule has 0 aliphatic rings. The fraction of sp³-hybridized carbons (Fsp3) is 0. The van der Waals surface area contributed by atoms with Gasteiger partial charge in [0.25, 0.3) is 0 Å². The number of rotatable bonds is 0. The van der Waals surface area contributed by atoms with Crippen molar-refractivity contribution in [2.75, 3.05) is 0 Å². The van der Waals surface area contributed by atoms with Crippen LogP contribution in [0.2, 0.25) is 5.02 Å². The molecule has 0 fully saturated rings. The summed E-state index contributed by atoms with van der Waals surface area (Å²) >= 11 is 8.26. The van der Waals surface area contributed by atoms with Crippen molar-refractivity contribution >= 4 is 27.5 Å². The Morgan fingerprint density at radius 2 is 1.90 bits per heavy atom. The van der Waals surface area contributed by atoms with Gasteiger partial charge in [-0.2, -0.15) is 0 Å². The second-order valence-electron chi connectivity index (χ2n) is 1.66. The molecule has 1 aromatic carbocycles. The zero-order valence-electron chi connectivity index (χ0n) is 4.67. The Morgan fingerprint density at radius 1 is 1.30 bits per heavy atom. The van der Waals surface area contributed by atoms with Crippen LogP contribution in [-0.2, 0) is 0 Å². The number of hydrogen-bond donors (Lipinski definition) is 0. The van der Waals surface area contributed by atoms with Gasteiger partial charge in [0.05, 0.1) is 5.02 Å². The molecule has 0 saturated carbocycles. The van der Waals surface area contributed by atoms with Crippen LogP contribution in [0, 0.1) is 11.6 Å². The molecular weight excluding hydrogens is 225 g/mol. The van der Waals surface area contributed by atoms with Crippen molar-refractivity contribution in [2.24, 2.45) is 0 Å². The van der Waals surface area contributed by atoms with Crippen molar-refractivity contribution in [3.8, 4) is 0 Å². The summed E-state index contributed by atoms with van der Waals surface area (Å²) in [5.41, 5.74) is 0. The molecule has 0 radical (unpaired) electrons. The molecule has 0 spiro atoms. The highest BCUT2D eigenvalue weighted by atomic mass is 79.9. The second kappa shape index (κ2) is 2.84. The van der Waals surface area contributed by atoms with Crippen LogP contribution in [0.3, 0.4) is 0 Å². The molecule has 0 nitrogen and oxygen atoms in total. The largest absolute Gasteiger partial charge is 0.204 e. The van der Waals surface area contributed by atoms with Gasteiger partial charge in [0.15, 0.2) is 11.6 Å². The van der Waals surface area contributed by atoms with E-state index in [-0.39, 0.29) is 5.02 Å². The molecule has 1 rings (SSSR count). The van der Waals surface area contributed by atoms with Crippen molar-refractivity contribution in [2.45, 2.75) is 0 Å². The minimum Gasteiger partial charge on any atom is -0.204 e. The van der Waals surface area contributed by atoms with Gasteiger partial charge >= 0.3 is 0 Å². The third-order valence-corrected chi connectivity index (χ3v) is 2.25. The Labute approximate surface area is 69.9 Å². The fourth-order valence-electron chi connectivity index (χ4n) is 0.502. The van der Waals surface area contributed by atoms with E-state index in [1.54, 1.807) is 0 Å². The first-order valence-electron chi connectivity index (χ1n) is 2.42. The van der Waals surface area contributed by atoms with Crippen LogP contribution < -0.4 is 0 Å². The van der Waals surface area contributed by atoms with E-state index in [1.807, 2.05) is 0 Å². The van der Waals surface area contributed by atoms with E-state index in [9.17, 15) is 8.78 Å². The van der Waals surface area contributed by atoms with Gasteiger partial charge < -0.3 is 0 Å². The minimum absolute atomic E-state index is 0.222. The van der Waals surface area contributed by atoms with Crippen molar-refractivity contribution in [3.63, 3.8) is 0 Å². The molecule has 0 bridgehead atoms. The lowest BCUT2D eigenvalue weighted by Gasteiger charge is -1.96. The molecule has 0 atom stereocenters. The van der Waals surface area contributed by atoms with Crippen LogP contribution in [0.25, 0.3) is 0 Å². The van der Waals surface area contributed by atoms with E-state index in [1.165, 1.54) is 6.07 Å². The summed E-state index contributed by atoms with van der Waals surface area (Å²) in [7, 11) is 0. The van der Waals surface area contributed by atoms with Gasteiger partial charge in [0.2, 0.25) is 0 Å². The Morgan fingerprint density at radius 3 is 2.40 bits per heavy atom. The molecule has 0 aliphatic carbocycles. The third kappa shape index (κ3) is 1.30. The predicted octanol–water partition coefficient (Wildman–Crippen LogP) is 3.38. The summed E-state index contributed by atoms with van der Waals surface area (Å²) in [6.45, 7) is 0. The van der Waals surface area contributed by atoms with Crippen LogP contribution in [0.15, 0.2) is 16.6 Å². The van der Waals surface area contributed by atoms with E-state index in [2.05, 4.69) is 15.9 Å². The lowest BCUT2D eigenvalue weighted by atomic mass is 10.3. The first kappa shape index (κ1) is 7.95. The topological polar surface area (TPSA) is 0 Å². The molecule has 0 heterocycles. The Hall–Kier alpha value is -0.150. The lowest BCUT2D eigenvalue weighted by Crippen LogP contribution is -1.84. The molecule has 0 aromatic heterocycles. The molecule has 4 heteroatoms. The van der Waals surface area contributed by atoms with Crippen molar-refractivity contribution in [1.29, 1.82) is 0 Å². The third-order valence-electron chi connectivity index (χ3n) is 0.988. The van der Waals surface area contributed by atoms with Gasteiger partial charge in [0.1, 0.15) is 0 Å². The lowest BCUT2D eigenvalue weighted by molar-refractivity contribution is 0.508. The minimum atomic E-state index is -1.02. The summed E-state index contributed by atoms with van der Waals surface area (Å²) in [5.74, 6) is -1.95. The summed E-state index contributed by atoms with van der Waals surface area (Å²) in [4.78, 5) is 0. The average molecular weight is 227 g/mol. The number of halogens is 4. The highest BCUT2D eigenvalue weighted by molar-refractivity contribution is 9.10. The molecule has 10 heavy (non-hydrogen) atoms. The Bertz CT molecular complexity index is 235. The normalized spacial score (nSPS) is 10.0. The second-order valence-corrected chi connectivity index (χ2v) is 2.89. The molecule has 0 N–H and O–H groups in total.